The zero-order valence-corrected chi connectivity index (χ0v) is 10.9. The molecule has 0 amide bonds. The van der Waals surface area contributed by atoms with Crippen molar-refractivity contribution in [2.75, 3.05) is 5.73 Å². The molecule has 1 aromatic carbocycles. The summed E-state index contributed by atoms with van der Waals surface area (Å²) < 4.78 is 5.85. The van der Waals surface area contributed by atoms with Gasteiger partial charge in [0.05, 0.1) is 10.2 Å². The van der Waals surface area contributed by atoms with Crippen LogP contribution in [0.3, 0.4) is 0 Å². The lowest BCUT2D eigenvalue weighted by Crippen LogP contribution is -2.26. The first-order chi connectivity index (χ1) is 7.45. The number of ether oxygens (including phenoxy) is 1. The Labute approximate surface area is 106 Å². The van der Waals surface area contributed by atoms with Crippen LogP contribution in [0, 0.1) is 0 Å². The van der Waals surface area contributed by atoms with Crippen molar-refractivity contribution in [2.24, 2.45) is 0 Å². The summed E-state index contributed by atoms with van der Waals surface area (Å²) in [7, 11) is 0. The molecule has 0 saturated heterocycles. The highest BCUT2D eigenvalue weighted by Gasteiger charge is 2.19. The van der Waals surface area contributed by atoms with Crippen molar-refractivity contribution in [1.82, 2.24) is 0 Å². The van der Waals surface area contributed by atoms with Crippen LogP contribution < -0.4 is 10.5 Å². The number of nitrogen functional groups attached to an aromatic ring is 1. The predicted molar refractivity (Wildman–Crippen MR) is 65.9 cm³/mol. The van der Waals surface area contributed by atoms with Crippen molar-refractivity contribution in [3.8, 4) is 5.75 Å². The van der Waals surface area contributed by atoms with E-state index in [2.05, 4.69) is 15.9 Å². The second-order valence-corrected chi connectivity index (χ2v) is 4.45. The fraction of sp³-hybridized carbons (Fsp3) is 0.300. The normalized spacial score (nSPS) is 12.2. The van der Waals surface area contributed by atoms with Crippen molar-refractivity contribution in [3.05, 3.63) is 21.6 Å². The summed E-state index contributed by atoms with van der Waals surface area (Å²) >= 11 is 9.00. The molecule has 4 nitrogen and oxygen atoms in total. The van der Waals surface area contributed by atoms with E-state index in [0.717, 1.165) is 0 Å². The maximum Gasteiger partial charge on any atom is 0.344 e. The maximum absolute atomic E-state index is 10.8. The Kier molecular flexibility index (Phi) is 4.44. The third-order valence-electron chi connectivity index (χ3n) is 1.94. The molecule has 0 aliphatic rings. The maximum atomic E-state index is 10.8. The number of carbonyl (C=O) groups is 1. The molecule has 16 heavy (non-hydrogen) atoms. The number of rotatable bonds is 4. The fourth-order valence-electron chi connectivity index (χ4n) is 1.16. The Morgan fingerprint density at radius 1 is 1.69 bits per heavy atom. The molecule has 0 radical (unpaired) electrons. The highest BCUT2D eigenvalue weighted by atomic mass is 79.9. The summed E-state index contributed by atoms with van der Waals surface area (Å²) in [5.41, 5.74) is 6.00. The van der Waals surface area contributed by atoms with Crippen molar-refractivity contribution < 1.29 is 14.6 Å². The molecule has 3 N–H and O–H groups in total. The second-order valence-electron chi connectivity index (χ2n) is 3.16. The fourth-order valence-corrected chi connectivity index (χ4v) is 2.08. The average Bonchev–Trinajstić information content (AvgIpc) is 2.15. The first-order valence-electron chi connectivity index (χ1n) is 4.59. The number of hydrogen-bond donors (Lipinski definition) is 2. The molecular weight excluding hydrogens is 297 g/mol. The minimum absolute atomic E-state index is 0.304. The van der Waals surface area contributed by atoms with Gasteiger partial charge in [-0.15, -0.1) is 0 Å². The molecule has 0 fully saturated rings. The number of carboxylic acid groups (broad SMARTS) is 1. The molecule has 0 heterocycles. The molecule has 0 bridgehead atoms. The van der Waals surface area contributed by atoms with E-state index in [9.17, 15) is 4.79 Å². The summed E-state index contributed by atoms with van der Waals surface area (Å²) in [6.45, 7) is 1.72. The molecule has 1 atom stereocenters. The average molecular weight is 309 g/mol. The summed E-state index contributed by atoms with van der Waals surface area (Å²) in [6, 6.07) is 3.11. The Morgan fingerprint density at radius 3 is 2.75 bits per heavy atom. The first-order valence-corrected chi connectivity index (χ1v) is 5.76. The van der Waals surface area contributed by atoms with Gasteiger partial charge in [0.15, 0.2) is 11.9 Å². The topological polar surface area (TPSA) is 72.5 Å². The lowest BCUT2D eigenvalue weighted by atomic mass is 10.2. The van der Waals surface area contributed by atoms with E-state index >= 15 is 0 Å². The quantitative estimate of drug-likeness (QED) is 0.839. The third-order valence-corrected chi connectivity index (χ3v) is 2.75. The summed E-state index contributed by atoms with van der Waals surface area (Å²) in [4.78, 5) is 10.8. The Bertz CT molecular complexity index is 388. The summed E-state index contributed by atoms with van der Waals surface area (Å²) in [5, 5.41) is 9.32. The van der Waals surface area contributed by atoms with E-state index in [1.807, 2.05) is 0 Å². The van der Waals surface area contributed by atoms with E-state index in [0.29, 0.717) is 27.4 Å². The molecule has 1 rings (SSSR count). The van der Waals surface area contributed by atoms with E-state index < -0.39 is 12.1 Å². The zero-order chi connectivity index (χ0) is 12.3. The van der Waals surface area contributed by atoms with Crippen LogP contribution in [0.25, 0.3) is 0 Å². The smallest absolute Gasteiger partial charge is 0.344 e. The standard InChI is InChI=1S/C10H11BrClNO3/c1-2-8(10(14)15)16-9-6(11)3-5(12)4-7(9)13/h3-4,8H,2,13H2,1H3,(H,14,15). The third kappa shape index (κ3) is 3.02. The first kappa shape index (κ1) is 13.1. The van der Waals surface area contributed by atoms with Gasteiger partial charge < -0.3 is 15.6 Å². The number of nitrogens with two attached hydrogens (primary N) is 1. The highest BCUT2D eigenvalue weighted by molar-refractivity contribution is 9.10. The molecular formula is C10H11BrClNO3. The molecule has 6 heteroatoms. The number of benzene rings is 1. The molecule has 0 aliphatic carbocycles. The molecule has 1 aromatic rings. The Balaban J connectivity index is 3.01. The highest BCUT2D eigenvalue weighted by Crippen LogP contribution is 2.35. The lowest BCUT2D eigenvalue weighted by molar-refractivity contribution is -0.145. The SMILES string of the molecule is CCC(Oc1c(N)cc(Cl)cc1Br)C(=O)O. The van der Waals surface area contributed by atoms with Gasteiger partial charge in [0.1, 0.15) is 0 Å². The van der Waals surface area contributed by atoms with E-state index in [1.165, 1.54) is 6.07 Å². The van der Waals surface area contributed by atoms with Crippen LogP contribution in [-0.4, -0.2) is 17.2 Å². The van der Waals surface area contributed by atoms with Gasteiger partial charge in [-0.1, -0.05) is 18.5 Å². The van der Waals surface area contributed by atoms with Crippen LogP contribution in [0.1, 0.15) is 13.3 Å². The van der Waals surface area contributed by atoms with Crippen LogP contribution >= 0.6 is 27.5 Å². The summed E-state index contributed by atoms with van der Waals surface area (Å²) in [5.74, 6) is -0.720. The van der Waals surface area contributed by atoms with Crippen molar-refractivity contribution >= 4 is 39.2 Å². The monoisotopic (exact) mass is 307 g/mol. The largest absolute Gasteiger partial charge is 0.479 e. The summed E-state index contributed by atoms with van der Waals surface area (Å²) in [6.07, 6.45) is -0.566. The van der Waals surface area contributed by atoms with E-state index in [4.69, 9.17) is 27.2 Å². The van der Waals surface area contributed by atoms with Gasteiger partial charge in [-0.3, -0.25) is 0 Å². The minimum atomic E-state index is -1.02. The minimum Gasteiger partial charge on any atom is -0.479 e. The Morgan fingerprint density at radius 2 is 2.31 bits per heavy atom. The molecule has 88 valence electrons. The van der Waals surface area contributed by atoms with Crippen LogP contribution in [-0.2, 0) is 4.79 Å². The number of anilines is 1. The van der Waals surface area contributed by atoms with Crippen LogP contribution in [0.5, 0.6) is 5.75 Å². The van der Waals surface area contributed by atoms with Gasteiger partial charge in [0.2, 0.25) is 0 Å². The Hall–Kier alpha value is -0.940. The molecule has 0 spiro atoms. The number of hydrogen-bond acceptors (Lipinski definition) is 3. The molecule has 0 aliphatic heterocycles. The molecule has 0 saturated carbocycles. The van der Waals surface area contributed by atoms with Crippen molar-refractivity contribution in [2.45, 2.75) is 19.4 Å². The number of halogens is 2. The number of aliphatic carboxylic acids is 1. The van der Waals surface area contributed by atoms with Gasteiger partial charge in [-0.05, 0) is 34.5 Å². The van der Waals surface area contributed by atoms with Gasteiger partial charge in [-0.25, -0.2) is 4.79 Å². The van der Waals surface area contributed by atoms with Crippen molar-refractivity contribution in [1.29, 1.82) is 0 Å². The lowest BCUT2D eigenvalue weighted by Gasteiger charge is -2.16. The van der Waals surface area contributed by atoms with Crippen LogP contribution in [0.2, 0.25) is 5.02 Å². The van der Waals surface area contributed by atoms with Gasteiger partial charge in [-0.2, -0.15) is 0 Å². The predicted octanol–water partition coefficient (Wildman–Crippen LogP) is 2.93. The van der Waals surface area contributed by atoms with E-state index in [-0.39, 0.29) is 0 Å². The van der Waals surface area contributed by atoms with Crippen LogP contribution in [0.4, 0.5) is 5.69 Å². The zero-order valence-electron chi connectivity index (χ0n) is 8.54. The molecule has 1 unspecified atom stereocenters. The van der Waals surface area contributed by atoms with Gasteiger partial charge >= 0.3 is 5.97 Å². The van der Waals surface area contributed by atoms with Gasteiger partial charge in [0, 0.05) is 5.02 Å². The molecule has 0 aromatic heterocycles. The van der Waals surface area contributed by atoms with E-state index in [1.54, 1.807) is 13.0 Å². The van der Waals surface area contributed by atoms with Gasteiger partial charge in [0.25, 0.3) is 0 Å². The number of carboxylic acids is 1. The van der Waals surface area contributed by atoms with Crippen molar-refractivity contribution in [3.63, 3.8) is 0 Å². The second kappa shape index (κ2) is 5.41. The van der Waals surface area contributed by atoms with Crippen LogP contribution in [0.15, 0.2) is 16.6 Å².